The lowest BCUT2D eigenvalue weighted by Gasteiger charge is -2.17. The van der Waals surface area contributed by atoms with Crippen LogP contribution < -0.4 is 0 Å². The molecule has 4 rings (SSSR count). The average molecular weight is 363 g/mol. The number of aliphatic hydroxyl groups is 1. The van der Waals surface area contributed by atoms with Gasteiger partial charge in [0.2, 0.25) is 0 Å². The molecule has 0 amide bonds. The normalized spacial score (nSPS) is 12.6. The van der Waals surface area contributed by atoms with Gasteiger partial charge in [-0.3, -0.25) is 0 Å². The van der Waals surface area contributed by atoms with Crippen molar-refractivity contribution in [3.63, 3.8) is 0 Å². The number of rotatable bonds is 2. The minimum atomic E-state index is -0.654. The first-order chi connectivity index (χ1) is 11.3. The quantitative estimate of drug-likeness (QED) is 0.475. The summed E-state index contributed by atoms with van der Waals surface area (Å²) < 4.78 is 1.04. The Hall–Kier alpha value is -2.16. The molecule has 0 saturated heterocycles. The molecule has 0 heterocycles. The number of benzene rings is 4. The van der Waals surface area contributed by atoms with Crippen molar-refractivity contribution in [1.82, 2.24) is 0 Å². The van der Waals surface area contributed by atoms with Gasteiger partial charge in [-0.2, -0.15) is 0 Å². The second-order valence-electron chi connectivity index (χ2n) is 5.65. The Bertz CT molecular complexity index is 1000. The van der Waals surface area contributed by atoms with E-state index in [9.17, 15) is 5.11 Å². The molecule has 0 aliphatic rings. The predicted octanol–water partition coefficient (Wildman–Crippen LogP) is 5.84. The molecule has 0 aromatic heterocycles. The van der Waals surface area contributed by atoms with Crippen LogP contribution in [0.3, 0.4) is 0 Å². The fourth-order valence-corrected chi connectivity index (χ4v) is 3.66. The van der Waals surface area contributed by atoms with Crippen LogP contribution >= 0.6 is 15.9 Å². The molecule has 2 heteroatoms. The molecular weight excluding hydrogens is 348 g/mol. The van der Waals surface area contributed by atoms with Crippen molar-refractivity contribution in [3.05, 3.63) is 94.5 Å². The molecule has 0 radical (unpaired) electrons. The van der Waals surface area contributed by atoms with Gasteiger partial charge in [0.15, 0.2) is 0 Å². The first kappa shape index (κ1) is 14.4. The molecular formula is C21H15BrO. The van der Waals surface area contributed by atoms with E-state index in [2.05, 4.69) is 46.3 Å². The summed E-state index contributed by atoms with van der Waals surface area (Å²) in [4.78, 5) is 0. The molecule has 1 nitrogen and oxygen atoms in total. The van der Waals surface area contributed by atoms with E-state index in [0.717, 1.165) is 37.1 Å². The van der Waals surface area contributed by atoms with Crippen LogP contribution in [-0.2, 0) is 0 Å². The van der Waals surface area contributed by atoms with Gasteiger partial charge in [-0.05, 0) is 38.7 Å². The summed E-state index contributed by atoms with van der Waals surface area (Å²) in [5.74, 6) is 0. The molecule has 0 spiro atoms. The molecule has 0 bridgehead atoms. The molecule has 1 unspecified atom stereocenters. The Morgan fingerprint density at radius 1 is 0.609 bits per heavy atom. The zero-order valence-corrected chi connectivity index (χ0v) is 14.0. The Morgan fingerprint density at radius 3 is 2.04 bits per heavy atom. The number of fused-ring (bicyclic) bond motifs is 2. The van der Waals surface area contributed by atoms with Crippen molar-refractivity contribution < 1.29 is 5.11 Å². The zero-order chi connectivity index (χ0) is 15.8. The molecule has 112 valence electrons. The molecule has 1 atom stereocenters. The van der Waals surface area contributed by atoms with Crippen LogP contribution in [0.4, 0.5) is 0 Å². The van der Waals surface area contributed by atoms with Crippen LogP contribution in [-0.4, -0.2) is 5.11 Å². The lowest BCUT2D eigenvalue weighted by atomic mass is 9.93. The maximum absolute atomic E-state index is 11.1. The highest BCUT2D eigenvalue weighted by Gasteiger charge is 2.16. The van der Waals surface area contributed by atoms with Crippen molar-refractivity contribution in [2.75, 3.05) is 0 Å². The van der Waals surface area contributed by atoms with E-state index in [1.807, 2.05) is 48.5 Å². The topological polar surface area (TPSA) is 20.2 Å². The number of hydrogen-bond donors (Lipinski definition) is 1. The molecule has 0 saturated carbocycles. The number of hydrogen-bond acceptors (Lipinski definition) is 1. The molecule has 23 heavy (non-hydrogen) atoms. The Kier molecular flexibility index (Phi) is 3.64. The second-order valence-corrected chi connectivity index (χ2v) is 6.51. The Labute approximate surface area is 143 Å². The molecule has 4 aromatic carbocycles. The summed E-state index contributed by atoms with van der Waals surface area (Å²) in [5, 5.41) is 15.5. The van der Waals surface area contributed by atoms with Crippen LogP contribution in [0.25, 0.3) is 21.5 Å². The molecule has 1 N–H and O–H groups in total. The average Bonchev–Trinajstić information content (AvgIpc) is 2.61. The smallest absolute Gasteiger partial charge is 0.105 e. The van der Waals surface area contributed by atoms with Crippen LogP contribution in [0.2, 0.25) is 0 Å². The van der Waals surface area contributed by atoms with Gasteiger partial charge in [0.05, 0.1) is 0 Å². The third kappa shape index (κ3) is 2.44. The Morgan fingerprint density at radius 2 is 1.22 bits per heavy atom. The van der Waals surface area contributed by atoms with Crippen LogP contribution in [0.1, 0.15) is 17.2 Å². The van der Waals surface area contributed by atoms with Crippen LogP contribution in [0, 0.1) is 0 Å². The standard InChI is InChI=1S/C21H15BrO/c22-20-13-12-19(16-9-3-4-10-17(16)20)21(23)18-11-5-7-14-6-1-2-8-15(14)18/h1-13,21,23H. The van der Waals surface area contributed by atoms with Crippen LogP contribution in [0.5, 0.6) is 0 Å². The SMILES string of the molecule is OC(c1cccc2ccccc12)c1ccc(Br)c2ccccc12. The molecule has 0 aliphatic heterocycles. The third-order valence-electron chi connectivity index (χ3n) is 4.32. The van der Waals surface area contributed by atoms with Gasteiger partial charge in [0.1, 0.15) is 6.10 Å². The first-order valence-electron chi connectivity index (χ1n) is 7.58. The summed E-state index contributed by atoms with van der Waals surface area (Å²) in [6.45, 7) is 0. The van der Waals surface area contributed by atoms with E-state index in [-0.39, 0.29) is 0 Å². The van der Waals surface area contributed by atoms with Crippen molar-refractivity contribution in [3.8, 4) is 0 Å². The lowest BCUT2D eigenvalue weighted by Crippen LogP contribution is -2.01. The number of aliphatic hydroxyl groups excluding tert-OH is 1. The van der Waals surface area contributed by atoms with E-state index in [4.69, 9.17) is 0 Å². The molecule has 4 aromatic rings. The third-order valence-corrected chi connectivity index (χ3v) is 5.01. The lowest BCUT2D eigenvalue weighted by molar-refractivity contribution is 0.223. The van der Waals surface area contributed by atoms with Gasteiger partial charge in [0, 0.05) is 4.47 Å². The highest BCUT2D eigenvalue weighted by atomic mass is 79.9. The van der Waals surface area contributed by atoms with Gasteiger partial charge < -0.3 is 5.11 Å². The minimum absolute atomic E-state index is 0.654. The van der Waals surface area contributed by atoms with E-state index in [1.54, 1.807) is 0 Å². The highest BCUT2D eigenvalue weighted by molar-refractivity contribution is 9.10. The van der Waals surface area contributed by atoms with Gasteiger partial charge in [-0.25, -0.2) is 0 Å². The summed E-state index contributed by atoms with van der Waals surface area (Å²) >= 11 is 3.59. The van der Waals surface area contributed by atoms with Crippen molar-refractivity contribution in [2.24, 2.45) is 0 Å². The van der Waals surface area contributed by atoms with Crippen LogP contribution in [0.15, 0.2) is 83.3 Å². The largest absolute Gasteiger partial charge is 0.384 e. The first-order valence-corrected chi connectivity index (χ1v) is 8.38. The molecule has 0 aliphatic carbocycles. The minimum Gasteiger partial charge on any atom is -0.384 e. The van der Waals surface area contributed by atoms with Gasteiger partial charge in [0.25, 0.3) is 0 Å². The van der Waals surface area contributed by atoms with E-state index < -0.39 is 6.10 Å². The highest BCUT2D eigenvalue weighted by Crippen LogP contribution is 2.35. The molecule has 0 fully saturated rings. The second kappa shape index (κ2) is 5.80. The summed E-state index contributed by atoms with van der Waals surface area (Å²) in [7, 11) is 0. The van der Waals surface area contributed by atoms with Crippen molar-refractivity contribution >= 4 is 37.5 Å². The van der Waals surface area contributed by atoms with E-state index in [1.165, 1.54) is 0 Å². The summed E-state index contributed by atoms with van der Waals surface area (Å²) in [6.07, 6.45) is -0.654. The predicted molar refractivity (Wildman–Crippen MR) is 99.7 cm³/mol. The van der Waals surface area contributed by atoms with Crippen molar-refractivity contribution in [1.29, 1.82) is 0 Å². The van der Waals surface area contributed by atoms with E-state index in [0.29, 0.717) is 0 Å². The maximum Gasteiger partial charge on any atom is 0.105 e. The Balaban J connectivity index is 1.96. The summed E-state index contributed by atoms with van der Waals surface area (Å²) in [6, 6.07) is 26.4. The van der Waals surface area contributed by atoms with Gasteiger partial charge in [-0.15, -0.1) is 0 Å². The van der Waals surface area contributed by atoms with E-state index >= 15 is 0 Å². The van der Waals surface area contributed by atoms with Crippen molar-refractivity contribution in [2.45, 2.75) is 6.10 Å². The number of halogens is 1. The van der Waals surface area contributed by atoms with Gasteiger partial charge in [-0.1, -0.05) is 88.7 Å². The fraction of sp³-hybridized carbons (Fsp3) is 0.0476. The maximum atomic E-state index is 11.1. The van der Waals surface area contributed by atoms with Gasteiger partial charge >= 0.3 is 0 Å². The monoisotopic (exact) mass is 362 g/mol. The zero-order valence-electron chi connectivity index (χ0n) is 12.4. The summed E-state index contributed by atoms with van der Waals surface area (Å²) in [5.41, 5.74) is 1.87. The fourth-order valence-electron chi connectivity index (χ4n) is 3.18.